The number of rotatable bonds is 5. The zero-order valence-corrected chi connectivity index (χ0v) is 15.3. The molecule has 3 N–H and O–H groups in total. The van der Waals surface area contributed by atoms with Crippen molar-refractivity contribution in [3.05, 3.63) is 77.6 Å². The number of carbonyl (C=O) groups is 1. The number of amides is 1. The van der Waals surface area contributed by atoms with E-state index in [4.69, 9.17) is 0 Å². The quantitative estimate of drug-likeness (QED) is 0.604. The Balaban J connectivity index is 1.54. The zero-order valence-electron chi connectivity index (χ0n) is 15.3. The first-order valence-corrected chi connectivity index (χ1v) is 9.24. The third-order valence-electron chi connectivity index (χ3n) is 5.18. The number of β-amino-alcohol motifs (C(OH)–C–C–N with tert-alkyl or cyclic N) is 1. The highest BCUT2D eigenvalue weighted by Crippen LogP contribution is 2.31. The second kappa shape index (κ2) is 7.87. The largest absolute Gasteiger partial charge is 0.389 e. The summed E-state index contributed by atoms with van der Waals surface area (Å²) in [5.74, 6) is -0.209. The van der Waals surface area contributed by atoms with Crippen LogP contribution >= 0.6 is 0 Å². The molecule has 1 fully saturated rings. The Morgan fingerprint density at radius 1 is 1.21 bits per heavy atom. The van der Waals surface area contributed by atoms with Crippen molar-refractivity contribution in [2.75, 3.05) is 13.1 Å². The third-order valence-corrected chi connectivity index (χ3v) is 5.18. The highest BCUT2D eigenvalue weighted by atomic mass is 16.3. The van der Waals surface area contributed by atoms with Gasteiger partial charge >= 0.3 is 0 Å². The minimum Gasteiger partial charge on any atom is -0.389 e. The molecule has 0 aliphatic carbocycles. The molecule has 1 saturated heterocycles. The SMILES string of the molecule is O=C(N[C@@]1(c2ccccc2)CCNC[C@H]1O)c1ccc(Cn2cnnn2)cc1. The Bertz CT molecular complexity index is 914. The highest BCUT2D eigenvalue weighted by Gasteiger charge is 2.42. The van der Waals surface area contributed by atoms with Gasteiger partial charge in [-0.1, -0.05) is 42.5 Å². The molecule has 1 aliphatic heterocycles. The number of aliphatic hydroxyl groups is 1. The van der Waals surface area contributed by atoms with E-state index in [0.29, 0.717) is 25.1 Å². The van der Waals surface area contributed by atoms with Crippen LogP contribution in [0.1, 0.15) is 27.9 Å². The lowest BCUT2D eigenvalue weighted by atomic mass is 9.79. The van der Waals surface area contributed by atoms with Crippen LogP contribution in [0, 0.1) is 0 Å². The van der Waals surface area contributed by atoms with E-state index in [1.165, 1.54) is 0 Å². The zero-order chi connectivity index (χ0) is 19.4. The van der Waals surface area contributed by atoms with Gasteiger partial charge in [-0.3, -0.25) is 4.79 Å². The number of benzene rings is 2. The molecule has 0 unspecified atom stereocenters. The van der Waals surface area contributed by atoms with Crippen LogP contribution in [-0.2, 0) is 12.1 Å². The number of carbonyl (C=O) groups excluding carboxylic acids is 1. The van der Waals surface area contributed by atoms with Crippen molar-refractivity contribution in [2.24, 2.45) is 0 Å². The van der Waals surface area contributed by atoms with Crippen LogP contribution in [-0.4, -0.2) is 50.4 Å². The van der Waals surface area contributed by atoms with E-state index >= 15 is 0 Å². The molecule has 144 valence electrons. The summed E-state index contributed by atoms with van der Waals surface area (Å²) in [6.07, 6.45) is 1.44. The van der Waals surface area contributed by atoms with Crippen molar-refractivity contribution in [1.29, 1.82) is 0 Å². The van der Waals surface area contributed by atoms with Gasteiger partial charge in [-0.05, 0) is 46.7 Å². The van der Waals surface area contributed by atoms with Gasteiger partial charge in [0.25, 0.3) is 5.91 Å². The summed E-state index contributed by atoms with van der Waals surface area (Å²) >= 11 is 0. The molecule has 1 amide bonds. The summed E-state index contributed by atoms with van der Waals surface area (Å²) in [6.45, 7) is 1.68. The Kier molecular flexibility index (Phi) is 5.14. The molecule has 8 nitrogen and oxygen atoms in total. The fourth-order valence-corrected chi connectivity index (χ4v) is 3.63. The van der Waals surface area contributed by atoms with Gasteiger partial charge in [-0.25, -0.2) is 4.68 Å². The first-order chi connectivity index (χ1) is 13.7. The van der Waals surface area contributed by atoms with Gasteiger partial charge in [0.15, 0.2) is 0 Å². The summed E-state index contributed by atoms with van der Waals surface area (Å²) in [5.41, 5.74) is 1.63. The van der Waals surface area contributed by atoms with Crippen LogP contribution in [0.15, 0.2) is 60.9 Å². The molecular formula is C20H22N6O2. The van der Waals surface area contributed by atoms with E-state index in [2.05, 4.69) is 26.2 Å². The summed E-state index contributed by atoms with van der Waals surface area (Å²) < 4.78 is 1.62. The van der Waals surface area contributed by atoms with Crippen LogP contribution in [0.2, 0.25) is 0 Å². The fraction of sp³-hybridized carbons (Fsp3) is 0.300. The second-order valence-corrected chi connectivity index (χ2v) is 6.97. The minimum absolute atomic E-state index is 0.209. The van der Waals surface area contributed by atoms with Crippen molar-refractivity contribution in [1.82, 2.24) is 30.8 Å². The summed E-state index contributed by atoms with van der Waals surface area (Å²) in [4.78, 5) is 13.0. The Labute approximate surface area is 162 Å². The lowest BCUT2D eigenvalue weighted by molar-refractivity contribution is 0.0289. The fourth-order valence-electron chi connectivity index (χ4n) is 3.63. The van der Waals surface area contributed by atoms with Crippen molar-refractivity contribution in [2.45, 2.75) is 24.6 Å². The first-order valence-electron chi connectivity index (χ1n) is 9.24. The van der Waals surface area contributed by atoms with Gasteiger partial charge in [-0.2, -0.15) is 0 Å². The van der Waals surface area contributed by atoms with Gasteiger partial charge in [-0.15, -0.1) is 5.10 Å². The smallest absolute Gasteiger partial charge is 0.252 e. The number of nitrogens with one attached hydrogen (secondary N) is 2. The molecule has 4 rings (SSSR count). The Morgan fingerprint density at radius 2 is 2.00 bits per heavy atom. The number of tetrazole rings is 1. The van der Waals surface area contributed by atoms with E-state index < -0.39 is 11.6 Å². The summed E-state index contributed by atoms with van der Waals surface area (Å²) in [7, 11) is 0. The molecule has 28 heavy (non-hydrogen) atoms. The summed E-state index contributed by atoms with van der Waals surface area (Å²) in [6, 6.07) is 17.0. The second-order valence-electron chi connectivity index (χ2n) is 6.97. The lowest BCUT2D eigenvalue weighted by Gasteiger charge is -2.43. The maximum absolute atomic E-state index is 13.0. The van der Waals surface area contributed by atoms with Gasteiger partial charge < -0.3 is 15.7 Å². The predicted molar refractivity (Wildman–Crippen MR) is 102 cm³/mol. The number of hydrogen-bond donors (Lipinski definition) is 3. The number of aliphatic hydroxyl groups excluding tert-OH is 1. The first kappa shape index (κ1) is 18.3. The van der Waals surface area contributed by atoms with Gasteiger partial charge in [0, 0.05) is 12.1 Å². The average Bonchev–Trinajstić information content (AvgIpc) is 3.24. The van der Waals surface area contributed by atoms with Crippen LogP contribution in [0.5, 0.6) is 0 Å². The molecule has 0 spiro atoms. The van der Waals surface area contributed by atoms with E-state index in [1.54, 1.807) is 23.1 Å². The van der Waals surface area contributed by atoms with Gasteiger partial charge in [0.1, 0.15) is 6.33 Å². The van der Waals surface area contributed by atoms with E-state index in [-0.39, 0.29) is 5.91 Å². The number of hydrogen-bond acceptors (Lipinski definition) is 6. The molecule has 2 heterocycles. The Morgan fingerprint density at radius 3 is 2.68 bits per heavy atom. The number of nitrogens with zero attached hydrogens (tertiary/aromatic N) is 4. The van der Waals surface area contributed by atoms with Gasteiger partial charge in [0.2, 0.25) is 0 Å². The number of piperidine rings is 1. The molecule has 0 saturated carbocycles. The summed E-state index contributed by atoms with van der Waals surface area (Å²) in [5, 5.41) is 28.1. The maximum atomic E-state index is 13.0. The van der Waals surface area contributed by atoms with Crippen LogP contribution < -0.4 is 10.6 Å². The van der Waals surface area contributed by atoms with Crippen molar-refractivity contribution >= 4 is 5.91 Å². The van der Waals surface area contributed by atoms with Crippen LogP contribution in [0.25, 0.3) is 0 Å². The van der Waals surface area contributed by atoms with Crippen molar-refractivity contribution in [3.8, 4) is 0 Å². The minimum atomic E-state index is -0.811. The average molecular weight is 378 g/mol. The molecular weight excluding hydrogens is 356 g/mol. The normalized spacial score (nSPS) is 22.0. The number of aromatic nitrogens is 4. The maximum Gasteiger partial charge on any atom is 0.252 e. The topological polar surface area (TPSA) is 105 Å². The van der Waals surface area contributed by atoms with Crippen molar-refractivity contribution < 1.29 is 9.90 Å². The third kappa shape index (κ3) is 3.64. The monoisotopic (exact) mass is 378 g/mol. The van der Waals surface area contributed by atoms with Crippen LogP contribution in [0.4, 0.5) is 0 Å². The molecule has 0 radical (unpaired) electrons. The molecule has 1 aliphatic rings. The van der Waals surface area contributed by atoms with E-state index in [0.717, 1.165) is 17.7 Å². The molecule has 2 aromatic carbocycles. The van der Waals surface area contributed by atoms with Gasteiger partial charge in [0.05, 0.1) is 18.2 Å². The molecule has 3 aromatic rings. The van der Waals surface area contributed by atoms with E-state index in [1.807, 2.05) is 42.5 Å². The van der Waals surface area contributed by atoms with Crippen LogP contribution in [0.3, 0.4) is 0 Å². The Hall–Kier alpha value is -3.10. The molecule has 1 aromatic heterocycles. The lowest BCUT2D eigenvalue weighted by Crippen LogP contribution is -2.61. The molecule has 2 atom stereocenters. The predicted octanol–water partition coefficient (Wildman–Crippen LogP) is 0.701. The standard InChI is InChI=1S/C20H22N6O2/c27-18-12-21-11-10-20(18,17-4-2-1-3-5-17)23-19(28)16-8-6-15(7-9-16)13-26-14-22-24-25-26/h1-9,14,18,21,27H,10-13H2,(H,23,28)/t18-,20-/m1/s1. The highest BCUT2D eigenvalue weighted by molar-refractivity contribution is 5.94. The van der Waals surface area contributed by atoms with E-state index in [9.17, 15) is 9.90 Å². The van der Waals surface area contributed by atoms with Crippen molar-refractivity contribution in [3.63, 3.8) is 0 Å². The molecule has 0 bridgehead atoms. The molecule has 8 heteroatoms.